The Labute approximate surface area is 140 Å². The topological polar surface area (TPSA) is 76.3 Å². The number of nitrogens with zero attached hydrogens (tertiary/aromatic N) is 5. The second-order valence-corrected chi connectivity index (χ2v) is 5.65. The summed E-state index contributed by atoms with van der Waals surface area (Å²) in [5, 5.41) is 15.1. The van der Waals surface area contributed by atoms with Crippen molar-refractivity contribution in [2.75, 3.05) is 18.6 Å². The molecule has 7 heteroatoms. The van der Waals surface area contributed by atoms with Crippen molar-refractivity contribution in [2.45, 2.75) is 20.4 Å². The fraction of sp³-hybridized carbons (Fsp3) is 0.353. The molecule has 0 saturated carbocycles. The standard InChI is InChI=1S/C16H17N5O2.CH4/c1-20-13-8-21(4-3-10(13)7-19-20)16-11-5-15(23-2)14(22)6-12(11)17-9-18-16;/h5-7,9,22H,3-4,8H2,1-2H3;1H4. The average Bonchev–Trinajstić information content (AvgIpc) is 2.94. The van der Waals surface area contributed by atoms with Crippen molar-refractivity contribution in [2.24, 2.45) is 7.05 Å². The van der Waals surface area contributed by atoms with Crippen LogP contribution in [0.2, 0.25) is 0 Å². The first kappa shape index (κ1) is 16.0. The van der Waals surface area contributed by atoms with Gasteiger partial charge in [-0.25, -0.2) is 9.97 Å². The molecule has 0 unspecified atom stereocenters. The number of aromatic nitrogens is 4. The Kier molecular flexibility index (Phi) is 4.01. The van der Waals surface area contributed by atoms with Crippen LogP contribution in [0.4, 0.5) is 5.82 Å². The summed E-state index contributed by atoms with van der Waals surface area (Å²) < 4.78 is 7.13. The van der Waals surface area contributed by atoms with Gasteiger partial charge in [0, 0.05) is 25.0 Å². The maximum atomic E-state index is 9.94. The predicted octanol–water partition coefficient (Wildman–Crippen LogP) is 2.28. The molecule has 3 aromatic rings. The Bertz CT molecular complexity index is 890. The van der Waals surface area contributed by atoms with Gasteiger partial charge < -0.3 is 14.7 Å². The van der Waals surface area contributed by atoms with Crippen LogP contribution in [-0.4, -0.2) is 38.5 Å². The van der Waals surface area contributed by atoms with Gasteiger partial charge in [0.1, 0.15) is 12.1 Å². The minimum atomic E-state index is 0. The van der Waals surface area contributed by atoms with Crippen molar-refractivity contribution in [1.82, 2.24) is 19.7 Å². The molecule has 7 nitrogen and oxygen atoms in total. The van der Waals surface area contributed by atoms with Crippen LogP contribution in [0.25, 0.3) is 10.9 Å². The molecular formula is C17H21N5O2. The van der Waals surface area contributed by atoms with Crippen LogP contribution in [0, 0.1) is 0 Å². The number of hydrogen-bond donors (Lipinski definition) is 1. The number of ether oxygens (including phenoxy) is 1. The molecule has 1 N–H and O–H groups in total. The third-order valence-electron chi connectivity index (χ3n) is 4.35. The molecule has 126 valence electrons. The van der Waals surface area contributed by atoms with Crippen molar-refractivity contribution in [1.29, 1.82) is 0 Å². The van der Waals surface area contributed by atoms with Gasteiger partial charge in [-0.2, -0.15) is 5.10 Å². The summed E-state index contributed by atoms with van der Waals surface area (Å²) >= 11 is 0. The first-order chi connectivity index (χ1) is 11.2. The molecule has 0 spiro atoms. The number of anilines is 1. The van der Waals surface area contributed by atoms with Crippen LogP contribution in [-0.2, 0) is 20.0 Å². The lowest BCUT2D eigenvalue weighted by Gasteiger charge is -2.29. The normalized spacial score (nSPS) is 13.5. The molecule has 0 aliphatic carbocycles. The highest BCUT2D eigenvalue weighted by molar-refractivity contribution is 5.92. The molecule has 0 fully saturated rings. The summed E-state index contributed by atoms with van der Waals surface area (Å²) in [6.45, 7) is 1.62. The molecule has 2 aromatic heterocycles. The lowest BCUT2D eigenvalue weighted by atomic mass is 10.1. The van der Waals surface area contributed by atoms with Crippen molar-refractivity contribution in [3.63, 3.8) is 0 Å². The highest BCUT2D eigenvalue weighted by atomic mass is 16.5. The van der Waals surface area contributed by atoms with Crippen molar-refractivity contribution in [3.8, 4) is 11.5 Å². The maximum absolute atomic E-state index is 9.94. The highest BCUT2D eigenvalue weighted by Gasteiger charge is 2.22. The Hall–Kier alpha value is -2.83. The summed E-state index contributed by atoms with van der Waals surface area (Å²) in [6.07, 6.45) is 4.40. The van der Waals surface area contributed by atoms with Gasteiger partial charge in [-0.1, -0.05) is 7.43 Å². The largest absolute Gasteiger partial charge is 0.504 e. The molecule has 3 heterocycles. The Morgan fingerprint density at radius 3 is 2.88 bits per heavy atom. The third kappa shape index (κ3) is 2.42. The third-order valence-corrected chi connectivity index (χ3v) is 4.35. The average molecular weight is 327 g/mol. The minimum Gasteiger partial charge on any atom is -0.504 e. The number of rotatable bonds is 2. The molecule has 1 aliphatic heterocycles. The zero-order chi connectivity index (χ0) is 16.0. The van der Waals surface area contributed by atoms with E-state index in [9.17, 15) is 5.11 Å². The van der Waals surface area contributed by atoms with E-state index in [-0.39, 0.29) is 13.2 Å². The van der Waals surface area contributed by atoms with Gasteiger partial charge in [0.05, 0.1) is 31.1 Å². The van der Waals surface area contributed by atoms with Gasteiger partial charge in [0.2, 0.25) is 0 Å². The first-order valence-electron chi connectivity index (χ1n) is 7.44. The zero-order valence-electron chi connectivity index (χ0n) is 13.0. The Morgan fingerprint density at radius 2 is 2.08 bits per heavy atom. The second kappa shape index (κ2) is 5.99. The Balaban J connectivity index is 0.00000169. The van der Waals surface area contributed by atoms with E-state index in [0.29, 0.717) is 11.3 Å². The van der Waals surface area contributed by atoms with Crippen molar-refractivity contribution in [3.05, 3.63) is 35.9 Å². The van der Waals surface area contributed by atoms with E-state index in [4.69, 9.17) is 4.74 Å². The molecule has 0 atom stereocenters. The van der Waals surface area contributed by atoms with E-state index >= 15 is 0 Å². The number of phenols is 1. The zero-order valence-corrected chi connectivity index (χ0v) is 13.0. The summed E-state index contributed by atoms with van der Waals surface area (Å²) in [5.41, 5.74) is 3.19. The minimum absolute atomic E-state index is 0. The second-order valence-electron chi connectivity index (χ2n) is 5.65. The molecule has 1 aliphatic rings. The molecule has 4 rings (SSSR count). The van der Waals surface area contributed by atoms with Crippen LogP contribution in [0.15, 0.2) is 24.7 Å². The van der Waals surface area contributed by atoms with Crippen LogP contribution in [0.3, 0.4) is 0 Å². The monoisotopic (exact) mass is 327 g/mol. The fourth-order valence-corrected chi connectivity index (χ4v) is 3.09. The fourth-order valence-electron chi connectivity index (χ4n) is 3.09. The van der Waals surface area contributed by atoms with E-state index in [2.05, 4.69) is 20.0 Å². The number of aryl methyl sites for hydroxylation is 1. The summed E-state index contributed by atoms with van der Waals surface area (Å²) in [6, 6.07) is 3.40. The van der Waals surface area contributed by atoms with Gasteiger partial charge in [-0.05, 0) is 18.1 Å². The van der Waals surface area contributed by atoms with Crippen LogP contribution in [0.5, 0.6) is 11.5 Å². The maximum Gasteiger partial charge on any atom is 0.161 e. The number of hydrogen-bond acceptors (Lipinski definition) is 6. The van der Waals surface area contributed by atoms with Gasteiger partial charge in [-0.15, -0.1) is 0 Å². The van der Waals surface area contributed by atoms with E-state index in [1.165, 1.54) is 24.7 Å². The van der Waals surface area contributed by atoms with E-state index in [1.807, 2.05) is 17.9 Å². The molecular weight excluding hydrogens is 306 g/mol. The summed E-state index contributed by atoms with van der Waals surface area (Å²) in [5.74, 6) is 1.35. The van der Waals surface area contributed by atoms with Gasteiger partial charge >= 0.3 is 0 Å². The molecule has 0 bridgehead atoms. The number of fused-ring (bicyclic) bond motifs is 2. The summed E-state index contributed by atoms with van der Waals surface area (Å²) in [4.78, 5) is 10.9. The quantitative estimate of drug-likeness (QED) is 0.778. The van der Waals surface area contributed by atoms with Crippen molar-refractivity contribution >= 4 is 16.7 Å². The first-order valence-corrected chi connectivity index (χ1v) is 7.44. The highest BCUT2D eigenvalue weighted by Crippen LogP contribution is 2.35. The van der Waals surface area contributed by atoms with E-state index in [0.717, 1.165) is 30.7 Å². The number of phenolic OH excluding ortho intramolecular Hbond substituents is 1. The van der Waals surface area contributed by atoms with Crippen molar-refractivity contribution < 1.29 is 9.84 Å². The lowest BCUT2D eigenvalue weighted by molar-refractivity contribution is 0.374. The molecule has 0 amide bonds. The SMILES string of the molecule is C.COc1cc2c(N3CCc4cnn(C)c4C3)ncnc2cc1O. The van der Waals surface area contributed by atoms with Gasteiger partial charge in [0.25, 0.3) is 0 Å². The van der Waals surface area contributed by atoms with Crippen LogP contribution in [0.1, 0.15) is 18.7 Å². The number of benzene rings is 1. The van der Waals surface area contributed by atoms with Crippen LogP contribution >= 0.6 is 0 Å². The van der Waals surface area contributed by atoms with E-state index in [1.54, 1.807) is 12.1 Å². The molecule has 24 heavy (non-hydrogen) atoms. The molecule has 1 aromatic carbocycles. The Morgan fingerprint density at radius 1 is 1.25 bits per heavy atom. The van der Waals surface area contributed by atoms with Gasteiger partial charge in [-0.3, -0.25) is 4.68 Å². The predicted molar refractivity (Wildman–Crippen MR) is 92.4 cm³/mol. The number of aromatic hydroxyl groups is 1. The smallest absolute Gasteiger partial charge is 0.161 e. The van der Waals surface area contributed by atoms with Gasteiger partial charge in [0.15, 0.2) is 11.5 Å². The molecule has 0 saturated heterocycles. The molecule has 0 radical (unpaired) electrons. The lowest BCUT2D eigenvalue weighted by Crippen LogP contribution is -2.32. The summed E-state index contributed by atoms with van der Waals surface area (Å²) in [7, 11) is 3.49. The van der Waals surface area contributed by atoms with E-state index < -0.39 is 0 Å². The van der Waals surface area contributed by atoms with Crippen LogP contribution < -0.4 is 9.64 Å². The number of methoxy groups -OCH3 is 1.